The second-order valence-electron chi connectivity index (χ2n) is 4.59. The third kappa shape index (κ3) is 2.42. The average molecular weight is 238 g/mol. The molecule has 2 rings (SSSR count). The molecule has 1 saturated heterocycles. The second kappa shape index (κ2) is 5.02. The van der Waals surface area contributed by atoms with Gasteiger partial charge >= 0.3 is 0 Å². The van der Waals surface area contributed by atoms with Crippen LogP contribution in [0.1, 0.15) is 24.9 Å². The van der Waals surface area contributed by atoms with Crippen molar-refractivity contribution in [3.8, 4) is 0 Å². The van der Waals surface area contributed by atoms with Crippen molar-refractivity contribution in [1.29, 1.82) is 0 Å². The third-order valence-corrected chi connectivity index (χ3v) is 3.32. The van der Waals surface area contributed by atoms with Crippen LogP contribution < -0.4 is 10.6 Å². The Morgan fingerprint density at radius 1 is 1.53 bits per heavy atom. The van der Waals surface area contributed by atoms with E-state index >= 15 is 0 Å². The number of likely N-dealkylation sites (N-methyl/N-ethyl adjacent to an activating group) is 1. The van der Waals surface area contributed by atoms with Crippen LogP contribution >= 0.6 is 0 Å². The van der Waals surface area contributed by atoms with Crippen molar-refractivity contribution in [2.75, 3.05) is 25.2 Å². The predicted molar refractivity (Wildman–Crippen MR) is 66.6 cm³/mol. The van der Waals surface area contributed by atoms with Crippen molar-refractivity contribution in [3.05, 3.63) is 29.6 Å². The number of halogens is 1. The standard InChI is InChI=1S/C13H19FN2O/c1-9(15)13-11(14)4-3-5-12(13)16(2)10-6-7-17-8-10/h3-5,9-10H,6-8,15H2,1-2H3. The number of ether oxygens (including phenoxy) is 1. The number of hydrogen-bond donors (Lipinski definition) is 1. The average Bonchev–Trinajstić information content (AvgIpc) is 2.80. The first-order chi connectivity index (χ1) is 8.11. The van der Waals surface area contributed by atoms with E-state index in [2.05, 4.69) is 4.90 Å². The highest BCUT2D eigenvalue weighted by Crippen LogP contribution is 2.29. The molecule has 0 aromatic heterocycles. The molecule has 0 aliphatic carbocycles. The van der Waals surface area contributed by atoms with Gasteiger partial charge in [0.1, 0.15) is 5.82 Å². The summed E-state index contributed by atoms with van der Waals surface area (Å²) in [6.45, 7) is 3.28. The molecule has 1 aliphatic rings. The molecule has 1 aromatic carbocycles. The molecule has 1 heterocycles. The summed E-state index contributed by atoms with van der Waals surface area (Å²) in [7, 11) is 1.97. The van der Waals surface area contributed by atoms with Gasteiger partial charge in [-0.15, -0.1) is 0 Å². The molecule has 1 aromatic rings. The lowest BCUT2D eigenvalue weighted by atomic mass is 10.0. The number of anilines is 1. The first-order valence-electron chi connectivity index (χ1n) is 5.96. The summed E-state index contributed by atoms with van der Waals surface area (Å²) in [5.74, 6) is -0.233. The van der Waals surface area contributed by atoms with Crippen molar-refractivity contribution in [2.24, 2.45) is 5.73 Å². The van der Waals surface area contributed by atoms with Crippen molar-refractivity contribution in [2.45, 2.75) is 25.4 Å². The molecule has 1 fully saturated rings. The van der Waals surface area contributed by atoms with Crippen molar-refractivity contribution < 1.29 is 9.13 Å². The van der Waals surface area contributed by atoms with Gasteiger partial charge in [0.25, 0.3) is 0 Å². The number of rotatable bonds is 3. The summed E-state index contributed by atoms with van der Waals surface area (Å²) >= 11 is 0. The highest BCUT2D eigenvalue weighted by molar-refractivity contribution is 5.55. The van der Waals surface area contributed by atoms with Gasteiger partial charge in [0, 0.05) is 30.9 Å². The van der Waals surface area contributed by atoms with Gasteiger partial charge in [-0.2, -0.15) is 0 Å². The van der Waals surface area contributed by atoms with Crippen LogP contribution in [0, 0.1) is 5.82 Å². The molecule has 2 unspecified atom stereocenters. The Morgan fingerprint density at radius 2 is 2.29 bits per heavy atom. The molecule has 94 valence electrons. The Hall–Kier alpha value is -1.13. The quantitative estimate of drug-likeness (QED) is 0.876. The summed E-state index contributed by atoms with van der Waals surface area (Å²) in [5.41, 5.74) is 7.31. The summed E-state index contributed by atoms with van der Waals surface area (Å²) in [4.78, 5) is 2.08. The van der Waals surface area contributed by atoms with E-state index in [-0.39, 0.29) is 11.9 Å². The molecule has 3 nitrogen and oxygen atoms in total. The Labute approximate surface area is 101 Å². The zero-order valence-corrected chi connectivity index (χ0v) is 10.3. The Kier molecular flexibility index (Phi) is 3.64. The van der Waals surface area contributed by atoms with Gasteiger partial charge in [0.05, 0.1) is 12.6 Å². The van der Waals surface area contributed by atoms with Crippen LogP contribution in [0.2, 0.25) is 0 Å². The van der Waals surface area contributed by atoms with Crippen LogP contribution in [-0.2, 0) is 4.74 Å². The molecule has 2 atom stereocenters. The van der Waals surface area contributed by atoms with Crippen molar-refractivity contribution in [3.63, 3.8) is 0 Å². The monoisotopic (exact) mass is 238 g/mol. The van der Waals surface area contributed by atoms with Gasteiger partial charge in [-0.1, -0.05) is 6.07 Å². The highest BCUT2D eigenvalue weighted by atomic mass is 19.1. The van der Waals surface area contributed by atoms with Crippen LogP contribution in [0.3, 0.4) is 0 Å². The van der Waals surface area contributed by atoms with Crippen LogP contribution in [0.5, 0.6) is 0 Å². The maximum absolute atomic E-state index is 13.8. The molecular formula is C13H19FN2O. The van der Waals surface area contributed by atoms with E-state index in [0.29, 0.717) is 18.2 Å². The van der Waals surface area contributed by atoms with Crippen LogP contribution in [-0.4, -0.2) is 26.3 Å². The van der Waals surface area contributed by atoms with E-state index in [1.54, 1.807) is 13.0 Å². The van der Waals surface area contributed by atoms with Gasteiger partial charge in [0.15, 0.2) is 0 Å². The minimum Gasteiger partial charge on any atom is -0.379 e. The Bertz CT molecular complexity index is 389. The first-order valence-corrected chi connectivity index (χ1v) is 5.96. The van der Waals surface area contributed by atoms with Crippen LogP contribution in [0.15, 0.2) is 18.2 Å². The van der Waals surface area contributed by atoms with Gasteiger partial charge in [0.2, 0.25) is 0 Å². The van der Waals surface area contributed by atoms with Gasteiger partial charge in [-0.25, -0.2) is 4.39 Å². The molecule has 0 amide bonds. The Morgan fingerprint density at radius 3 is 2.88 bits per heavy atom. The molecule has 17 heavy (non-hydrogen) atoms. The fourth-order valence-corrected chi connectivity index (χ4v) is 2.31. The maximum atomic E-state index is 13.8. The van der Waals surface area contributed by atoms with Crippen molar-refractivity contribution in [1.82, 2.24) is 0 Å². The maximum Gasteiger partial charge on any atom is 0.130 e. The minimum absolute atomic E-state index is 0.233. The molecule has 0 bridgehead atoms. The summed E-state index contributed by atoms with van der Waals surface area (Å²) in [6, 6.07) is 5.11. The highest BCUT2D eigenvalue weighted by Gasteiger charge is 2.24. The smallest absolute Gasteiger partial charge is 0.130 e. The number of nitrogens with two attached hydrogens (primary N) is 1. The molecule has 0 radical (unpaired) electrons. The van der Waals surface area contributed by atoms with Crippen molar-refractivity contribution >= 4 is 5.69 Å². The third-order valence-electron chi connectivity index (χ3n) is 3.32. The fourth-order valence-electron chi connectivity index (χ4n) is 2.31. The molecule has 0 spiro atoms. The lowest BCUT2D eigenvalue weighted by molar-refractivity contribution is 0.193. The molecule has 1 aliphatic heterocycles. The van der Waals surface area contributed by atoms with E-state index in [1.807, 2.05) is 13.1 Å². The van der Waals surface area contributed by atoms with Gasteiger partial charge in [-0.3, -0.25) is 0 Å². The van der Waals surface area contributed by atoms with Crippen LogP contribution in [0.4, 0.5) is 10.1 Å². The Balaban J connectivity index is 2.33. The lowest BCUT2D eigenvalue weighted by Crippen LogP contribution is -2.33. The topological polar surface area (TPSA) is 38.5 Å². The number of nitrogens with zero attached hydrogens (tertiary/aromatic N) is 1. The summed E-state index contributed by atoms with van der Waals surface area (Å²) in [5, 5.41) is 0. The van der Waals surface area contributed by atoms with E-state index in [9.17, 15) is 4.39 Å². The minimum atomic E-state index is -0.309. The molecule has 4 heteroatoms. The van der Waals surface area contributed by atoms with Crippen LogP contribution in [0.25, 0.3) is 0 Å². The zero-order valence-electron chi connectivity index (χ0n) is 10.3. The summed E-state index contributed by atoms with van der Waals surface area (Å²) in [6.07, 6.45) is 0.978. The SMILES string of the molecule is CC(N)c1c(F)cccc1N(C)C1CCOC1. The molecule has 2 N–H and O–H groups in total. The first kappa shape index (κ1) is 12.3. The van der Waals surface area contributed by atoms with E-state index in [0.717, 1.165) is 18.7 Å². The van der Waals surface area contributed by atoms with E-state index < -0.39 is 0 Å². The summed E-state index contributed by atoms with van der Waals surface area (Å²) < 4.78 is 19.2. The fraction of sp³-hybridized carbons (Fsp3) is 0.538. The number of benzene rings is 1. The lowest BCUT2D eigenvalue weighted by Gasteiger charge is -2.28. The zero-order chi connectivity index (χ0) is 12.4. The van der Waals surface area contributed by atoms with E-state index in [4.69, 9.17) is 10.5 Å². The molecular weight excluding hydrogens is 219 g/mol. The normalized spacial score (nSPS) is 21.5. The largest absolute Gasteiger partial charge is 0.379 e. The van der Waals surface area contributed by atoms with E-state index in [1.165, 1.54) is 6.07 Å². The number of hydrogen-bond acceptors (Lipinski definition) is 3. The molecule has 0 saturated carbocycles. The van der Waals surface area contributed by atoms with Gasteiger partial charge < -0.3 is 15.4 Å². The van der Waals surface area contributed by atoms with Gasteiger partial charge in [-0.05, 0) is 25.5 Å². The second-order valence-corrected chi connectivity index (χ2v) is 4.59. The predicted octanol–water partition coefficient (Wildman–Crippen LogP) is 2.07.